The molecule has 0 unspecified atom stereocenters. The van der Waals surface area contributed by atoms with Crippen molar-refractivity contribution in [2.45, 2.75) is 0 Å². The number of ether oxygens (including phenoxy) is 1. The molecule has 2 heterocycles. The van der Waals surface area contributed by atoms with Gasteiger partial charge in [0.1, 0.15) is 0 Å². The number of aromatic nitrogens is 3. The number of imidazole rings is 1. The van der Waals surface area contributed by atoms with Crippen LogP contribution in [0.3, 0.4) is 0 Å². The molecule has 0 radical (unpaired) electrons. The molecule has 0 bridgehead atoms. The maximum absolute atomic E-state index is 6.22. The highest BCUT2D eigenvalue weighted by atomic mass is 35.5. The van der Waals surface area contributed by atoms with Crippen molar-refractivity contribution in [2.75, 3.05) is 7.11 Å². The summed E-state index contributed by atoms with van der Waals surface area (Å²) in [6.45, 7) is 0. The predicted octanol–water partition coefficient (Wildman–Crippen LogP) is 3.75. The number of aromatic amines is 1. The summed E-state index contributed by atoms with van der Waals surface area (Å²) >= 11 is 11.6. The molecule has 3 rings (SSSR count). The second kappa shape index (κ2) is 4.68. The van der Waals surface area contributed by atoms with Gasteiger partial charge >= 0.3 is 0 Å². The highest BCUT2D eigenvalue weighted by Gasteiger charge is 2.11. The van der Waals surface area contributed by atoms with Gasteiger partial charge in [-0.1, -0.05) is 23.7 Å². The van der Waals surface area contributed by atoms with E-state index in [0.29, 0.717) is 21.3 Å². The van der Waals surface area contributed by atoms with Gasteiger partial charge in [0.05, 0.1) is 23.3 Å². The van der Waals surface area contributed by atoms with Gasteiger partial charge < -0.3 is 9.72 Å². The molecule has 96 valence electrons. The third-order valence-corrected chi connectivity index (χ3v) is 3.41. The van der Waals surface area contributed by atoms with Gasteiger partial charge in [-0.25, -0.2) is 0 Å². The Morgan fingerprint density at radius 3 is 2.79 bits per heavy atom. The number of nitrogens with zero attached hydrogens (tertiary/aromatic N) is 2. The summed E-state index contributed by atoms with van der Waals surface area (Å²) in [4.78, 5) is 7.52. The minimum atomic E-state index is 0.530. The molecule has 0 aliphatic carbocycles. The van der Waals surface area contributed by atoms with Gasteiger partial charge in [-0.3, -0.25) is 4.57 Å². The van der Waals surface area contributed by atoms with E-state index in [1.54, 1.807) is 17.7 Å². The molecule has 0 saturated carbocycles. The van der Waals surface area contributed by atoms with Crippen LogP contribution in [0.2, 0.25) is 5.02 Å². The van der Waals surface area contributed by atoms with E-state index in [2.05, 4.69) is 9.97 Å². The second-order valence-electron chi connectivity index (χ2n) is 3.94. The second-order valence-corrected chi connectivity index (χ2v) is 4.74. The number of fused-ring (bicyclic) bond motifs is 1. The highest BCUT2D eigenvalue weighted by Crippen LogP contribution is 2.25. The normalized spacial score (nSPS) is 10.8. The number of nitrogens with one attached hydrogen (secondary N) is 1. The Morgan fingerprint density at radius 2 is 2.05 bits per heavy atom. The molecular weight excluding hydrogens is 282 g/mol. The van der Waals surface area contributed by atoms with Crippen LogP contribution < -0.4 is 4.74 Å². The third-order valence-electron chi connectivity index (χ3n) is 2.81. The Bertz CT molecular complexity index is 809. The molecule has 4 nitrogen and oxygen atoms in total. The first-order chi connectivity index (χ1) is 9.20. The number of para-hydroxylation sites is 1. The average Bonchev–Trinajstić information content (AvgIpc) is 2.74. The molecule has 19 heavy (non-hydrogen) atoms. The molecule has 0 spiro atoms. The Kier molecular flexibility index (Phi) is 3.00. The number of rotatable bonds is 2. The quantitative estimate of drug-likeness (QED) is 0.731. The topological polar surface area (TPSA) is 42.8 Å². The van der Waals surface area contributed by atoms with Crippen LogP contribution in [-0.2, 0) is 0 Å². The zero-order valence-electron chi connectivity index (χ0n) is 10.1. The van der Waals surface area contributed by atoms with Crippen molar-refractivity contribution < 1.29 is 4.74 Å². The fourth-order valence-corrected chi connectivity index (χ4v) is 2.45. The number of hydrogen-bond donors (Lipinski definition) is 1. The first kappa shape index (κ1) is 12.2. The minimum absolute atomic E-state index is 0.530. The van der Waals surface area contributed by atoms with Crippen molar-refractivity contribution in [1.29, 1.82) is 0 Å². The minimum Gasteiger partial charge on any atom is -0.481 e. The summed E-state index contributed by atoms with van der Waals surface area (Å²) in [5.41, 5.74) is 2.32. The van der Waals surface area contributed by atoms with Crippen molar-refractivity contribution >= 4 is 35.0 Å². The van der Waals surface area contributed by atoms with Gasteiger partial charge in [-0.2, -0.15) is 4.98 Å². The Labute approximate surface area is 119 Å². The molecule has 6 heteroatoms. The van der Waals surface area contributed by atoms with E-state index >= 15 is 0 Å². The lowest BCUT2D eigenvalue weighted by atomic mass is 10.3. The van der Waals surface area contributed by atoms with E-state index in [1.807, 2.05) is 30.3 Å². The monoisotopic (exact) mass is 291 g/mol. The summed E-state index contributed by atoms with van der Waals surface area (Å²) in [5, 5.41) is 0.615. The van der Waals surface area contributed by atoms with Crippen LogP contribution in [-0.4, -0.2) is 21.6 Å². The Balaban J connectivity index is 2.37. The van der Waals surface area contributed by atoms with E-state index < -0.39 is 0 Å². The molecular formula is C13H10ClN3OS. The van der Waals surface area contributed by atoms with Crippen molar-refractivity contribution in [3.8, 4) is 11.6 Å². The molecule has 0 atom stereocenters. The molecule has 0 fully saturated rings. The van der Waals surface area contributed by atoms with Crippen molar-refractivity contribution in [3.05, 3.63) is 46.2 Å². The summed E-state index contributed by atoms with van der Waals surface area (Å²) in [6.07, 6.45) is 0. The number of halogens is 1. The van der Waals surface area contributed by atoms with Crippen LogP contribution in [0, 0.1) is 4.77 Å². The van der Waals surface area contributed by atoms with Gasteiger partial charge in [-0.15, -0.1) is 0 Å². The smallest absolute Gasteiger partial charge is 0.215 e. The van der Waals surface area contributed by atoms with E-state index in [1.165, 1.54) is 0 Å². The fraction of sp³-hybridized carbons (Fsp3) is 0.0769. The third kappa shape index (κ3) is 2.01. The molecule has 1 aromatic carbocycles. The van der Waals surface area contributed by atoms with Gasteiger partial charge in [-0.05, 0) is 30.4 Å². The molecule has 2 aromatic heterocycles. The van der Waals surface area contributed by atoms with Crippen LogP contribution in [0.1, 0.15) is 0 Å². The van der Waals surface area contributed by atoms with E-state index in [-0.39, 0.29) is 0 Å². The molecule has 3 aromatic rings. The van der Waals surface area contributed by atoms with Gasteiger partial charge in [0, 0.05) is 6.07 Å². The SMILES string of the molecule is COc1ccc2[nH]c(=S)n(-c3ccccc3Cl)c2n1. The van der Waals surface area contributed by atoms with Gasteiger partial charge in [0.15, 0.2) is 10.4 Å². The van der Waals surface area contributed by atoms with Crippen molar-refractivity contribution in [2.24, 2.45) is 0 Å². The zero-order chi connectivity index (χ0) is 13.4. The number of hydrogen-bond acceptors (Lipinski definition) is 3. The molecule has 1 N–H and O–H groups in total. The van der Waals surface area contributed by atoms with Crippen molar-refractivity contribution in [3.63, 3.8) is 0 Å². The fourth-order valence-electron chi connectivity index (χ4n) is 1.94. The highest BCUT2D eigenvalue weighted by molar-refractivity contribution is 7.71. The average molecular weight is 292 g/mol. The summed E-state index contributed by atoms with van der Waals surface area (Å²) in [6, 6.07) is 11.2. The lowest BCUT2D eigenvalue weighted by molar-refractivity contribution is 0.399. The van der Waals surface area contributed by atoms with Crippen LogP contribution in [0.15, 0.2) is 36.4 Å². The molecule has 0 saturated heterocycles. The lowest BCUT2D eigenvalue weighted by Gasteiger charge is -2.06. The number of methoxy groups -OCH3 is 1. The van der Waals surface area contributed by atoms with Crippen LogP contribution in [0.5, 0.6) is 5.88 Å². The van der Waals surface area contributed by atoms with Gasteiger partial charge in [0.25, 0.3) is 0 Å². The Morgan fingerprint density at radius 1 is 1.26 bits per heavy atom. The standard InChI is InChI=1S/C13H10ClN3OS/c1-18-11-7-6-9-12(16-11)17(13(19)15-9)10-5-3-2-4-8(10)14/h2-7H,1H3,(H,15,19). The Hall–Kier alpha value is -1.85. The van der Waals surface area contributed by atoms with E-state index in [4.69, 9.17) is 28.6 Å². The van der Waals surface area contributed by atoms with E-state index in [0.717, 1.165) is 11.2 Å². The first-order valence-electron chi connectivity index (χ1n) is 5.61. The largest absolute Gasteiger partial charge is 0.481 e. The molecule has 0 amide bonds. The van der Waals surface area contributed by atoms with Crippen LogP contribution in [0.4, 0.5) is 0 Å². The maximum Gasteiger partial charge on any atom is 0.215 e. The zero-order valence-corrected chi connectivity index (χ0v) is 11.6. The summed E-state index contributed by atoms with van der Waals surface area (Å²) in [7, 11) is 1.58. The summed E-state index contributed by atoms with van der Waals surface area (Å²) < 4.78 is 7.49. The van der Waals surface area contributed by atoms with Crippen LogP contribution >= 0.6 is 23.8 Å². The van der Waals surface area contributed by atoms with E-state index in [9.17, 15) is 0 Å². The van der Waals surface area contributed by atoms with Crippen LogP contribution in [0.25, 0.3) is 16.9 Å². The molecule has 0 aliphatic rings. The molecule has 0 aliphatic heterocycles. The summed E-state index contributed by atoms with van der Waals surface area (Å²) in [5.74, 6) is 0.530. The number of pyridine rings is 1. The lowest BCUT2D eigenvalue weighted by Crippen LogP contribution is -1.97. The number of H-pyrrole nitrogens is 1. The van der Waals surface area contributed by atoms with Gasteiger partial charge in [0.2, 0.25) is 5.88 Å². The maximum atomic E-state index is 6.22. The predicted molar refractivity (Wildman–Crippen MR) is 77.8 cm³/mol. The number of benzene rings is 1. The van der Waals surface area contributed by atoms with Crippen molar-refractivity contribution in [1.82, 2.24) is 14.5 Å². The first-order valence-corrected chi connectivity index (χ1v) is 6.40.